The highest BCUT2D eigenvalue weighted by Gasteiger charge is 2.19. The summed E-state index contributed by atoms with van der Waals surface area (Å²) in [6.45, 7) is 15.1. The molecule has 1 saturated heterocycles. The van der Waals surface area contributed by atoms with E-state index in [0.717, 1.165) is 37.8 Å². The van der Waals surface area contributed by atoms with Gasteiger partial charge in [0.25, 0.3) is 0 Å². The number of hydrogen-bond donors (Lipinski definition) is 1. The lowest BCUT2D eigenvalue weighted by Gasteiger charge is -2.36. The van der Waals surface area contributed by atoms with Crippen LogP contribution in [0.3, 0.4) is 0 Å². The van der Waals surface area contributed by atoms with E-state index in [1.807, 2.05) is 12.1 Å². The molecule has 4 nitrogen and oxygen atoms in total. The number of rotatable bonds is 7. The Morgan fingerprint density at radius 1 is 0.957 bits per heavy atom. The second-order valence-corrected chi connectivity index (χ2v) is 7.28. The normalized spacial score (nSPS) is 18.3. The van der Waals surface area contributed by atoms with Crippen molar-refractivity contribution < 1.29 is 9.84 Å². The zero-order valence-electron chi connectivity index (χ0n) is 15.1. The molecule has 0 bridgehead atoms. The van der Waals surface area contributed by atoms with Gasteiger partial charge in [-0.1, -0.05) is 19.9 Å². The molecule has 1 fully saturated rings. The van der Waals surface area contributed by atoms with Gasteiger partial charge in [0.1, 0.15) is 18.5 Å². The van der Waals surface area contributed by atoms with Crippen LogP contribution in [0.15, 0.2) is 18.2 Å². The number of aryl methyl sites for hydroxylation is 2. The molecule has 0 aliphatic carbocycles. The minimum absolute atomic E-state index is 0.356. The van der Waals surface area contributed by atoms with Crippen LogP contribution in [0.1, 0.15) is 25.0 Å². The minimum Gasteiger partial charge on any atom is -0.491 e. The van der Waals surface area contributed by atoms with Gasteiger partial charge in [0, 0.05) is 39.3 Å². The van der Waals surface area contributed by atoms with E-state index >= 15 is 0 Å². The van der Waals surface area contributed by atoms with E-state index in [4.69, 9.17) is 4.74 Å². The quantitative estimate of drug-likeness (QED) is 0.836. The SMILES string of the molecule is Cc1cc(C)cc(OC[C@H](O)CN2CCN(CC(C)C)CC2)c1. The second kappa shape index (κ2) is 8.67. The Balaban J connectivity index is 1.70. The molecule has 0 spiro atoms. The van der Waals surface area contributed by atoms with Gasteiger partial charge in [0.15, 0.2) is 0 Å². The number of hydrogen-bond acceptors (Lipinski definition) is 4. The summed E-state index contributed by atoms with van der Waals surface area (Å²) in [4.78, 5) is 4.85. The van der Waals surface area contributed by atoms with Crippen LogP contribution < -0.4 is 4.74 Å². The molecule has 0 radical (unpaired) electrons. The fourth-order valence-corrected chi connectivity index (χ4v) is 3.23. The van der Waals surface area contributed by atoms with E-state index < -0.39 is 6.10 Å². The number of nitrogens with zero attached hydrogens (tertiary/aromatic N) is 2. The predicted octanol–water partition coefficient (Wildman–Crippen LogP) is 2.32. The third-order valence-corrected chi connectivity index (χ3v) is 4.19. The van der Waals surface area contributed by atoms with Crippen molar-refractivity contribution in [3.8, 4) is 5.75 Å². The van der Waals surface area contributed by atoms with E-state index in [0.29, 0.717) is 13.2 Å². The monoisotopic (exact) mass is 320 g/mol. The minimum atomic E-state index is -0.438. The molecule has 4 heteroatoms. The van der Waals surface area contributed by atoms with Crippen LogP contribution in [0.4, 0.5) is 0 Å². The number of β-amino-alcohol motifs (C(OH)–C–C–N with tert-alkyl or cyclic N) is 1. The molecule has 2 rings (SSSR count). The summed E-state index contributed by atoms with van der Waals surface area (Å²) in [5, 5.41) is 10.2. The van der Waals surface area contributed by atoms with Gasteiger partial charge in [-0.25, -0.2) is 0 Å². The van der Waals surface area contributed by atoms with Gasteiger partial charge in [-0.2, -0.15) is 0 Å². The first-order valence-corrected chi connectivity index (χ1v) is 8.76. The van der Waals surface area contributed by atoms with Crippen molar-refractivity contribution >= 4 is 0 Å². The molecular formula is C19H32N2O2. The van der Waals surface area contributed by atoms with Crippen LogP contribution in [0.25, 0.3) is 0 Å². The molecule has 1 aromatic rings. The molecule has 1 aliphatic heterocycles. The number of ether oxygens (including phenoxy) is 1. The number of aliphatic hydroxyl groups is 1. The van der Waals surface area contributed by atoms with Crippen LogP contribution in [-0.4, -0.2) is 66.9 Å². The van der Waals surface area contributed by atoms with E-state index in [-0.39, 0.29) is 0 Å². The van der Waals surface area contributed by atoms with Gasteiger partial charge in [0.2, 0.25) is 0 Å². The standard InChI is InChI=1S/C19H32N2O2/c1-15(2)12-20-5-7-21(8-6-20)13-18(22)14-23-19-10-16(3)9-17(4)11-19/h9-11,15,18,22H,5-8,12-14H2,1-4H3/t18-/m1/s1. The summed E-state index contributed by atoms with van der Waals surface area (Å²) in [5.41, 5.74) is 2.38. The third-order valence-electron chi connectivity index (χ3n) is 4.19. The molecule has 130 valence electrons. The largest absolute Gasteiger partial charge is 0.491 e. The maximum absolute atomic E-state index is 10.2. The number of piperazine rings is 1. The molecule has 1 aromatic carbocycles. The third kappa shape index (κ3) is 6.50. The summed E-state index contributed by atoms with van der Waals surface area (Å²) in [7, 11) is 0. The van der Waals surface area contributed by atoms with Crippen molar-refractivity contribution in [3.63, 3.8) is 0 Å². The highest BCUT2D eigenvalue weighted by atomic mass is 16.5. The zero-order chi connectivity index (χ0) is 16.8. The lowest BCUT2D eigenvalue weighted by atomic mass is 10.1. The molecule has 0 amide bonds. The fourth-order valence-electron chi connectivity index (χ4n) is 3.23. The summed E-state index contributed by atoms with van der Waals surface area (Å²) in [6, 6.07) is 6.16. The predicted molar refractivity (Wildman–Crippen MR) is 95.1 cm³/mol. The van der Waals surface area contributed by atoms with E-state index in [2.05, 4.69) is 43.6 Å². The molecule has 0 unspecified atom stereocenters. The first kappa shape index (κ1) is 18.2. The van der Waals surface area contributed by atoms with Gasteiger partial charge in [-0.3, -0.25) is 4.90 Å². The average molecular weight is 320 g/mol. The highest BCUT2D eigenvalue weighted by Crippen LogP contribution is 2.16. The Labute approximate surface area is 141 Å². The Morgan fingerprint density at radius 2 is 1.48 bits per heavy atom. The molecule has 0 aromatic heterocycles. The van der Waals surface area contributed by atoms with Gasteiger partial charge >= 0.3 is 0 Å². The van der Waals surface area contributed by atoms with Gasteiger partial charge in [-0.15, -0.1) is 0 Å². The van der Waals surface area contributed by atoms with Crippen molar-refractivity contribution in [1.29, 1.82) is 0 Å². The van der Waals surface area contributed by atoms with E-state index in [9.17, 15) is 5.11 Å². The number of benzene rings is 1. The van der Waals surface area contributed by atoms with Crippen LogP contribution >= 0.6 is 0 Å². The van der Waals surface area contributed by atoms with E-state index in [1.54, 1.807) is 0 Å². The lowest BCUT2D eigenvalue weighted by molar-refractivity contribution is 0.0440. The Bertz CT molecular complexity index is 462. The van der Waals surface area contributed by atoms with Crippen molar-refractivity contribution in [2.75, 3.05) is 45.9 Å². The summed E-state index contributed by atoms with van der Waals surface area (Å²) in [5.74, 6) is 1.57. The van der Waals surface area contributed by atoms with Crippen molar-refractivity contribution in [1.82, 2.24) is 9.80 Å². The zero-order valence-corrected chi connectivity index (χ0v) is 15.1. The van der Waals surface area contributed by atoms with Crippen LogP contribution in [0.2, 0.25) is 0 Å². The van der Waals surface area contributed by atoms with Crippen molar-refractivity contribution in [3.05, 3.63) is 29.3 Å². The molecule has 1 heterocycles. The first-order chi connectivity index (χ1) is 10.9. The average Bonchev–Trinajstić information content (AvgIpc) is 2.46. The Morgan fingerprint density at radius 3 is 2.00 bits per heavy atom. The molecule has 23 heavy (non-hydrogen) atoms. The Kier molecular flexibility index (Phi) is 6.88. The fraction of sp³-hybridized carbons (Fsp3) is 0.684. The van der Waals surface area contributed by atoms with Crippen molar-refractivity contribution in [2.45, 2.75) is 33.8 Å². The number of aliphatic hydroxyl groups excluding tert-OH is 1. The lowest BCUT2D eigenvalue weighted by Crippen LogP contribution is -2.49. The van der Waals surface area contributed by atoms with Gasteiger partial charge < -0.3 is 14.7 Å². The maximum Gasteiger partial charge on any atom is 0.119 e. The van der Waals surface area contributed by atoms with Crippen LogP contribution in [-0.2, 0) is 0 Å². The first-order valence-electron chi connectivity index (χ1n) is 8.76. The smallest absolute Gasteiger partial charge is 0.119 e. The van der Waals surface area contributed by atoms with Crippen LogP contribution in [0, 0.1) is 19.8 Å². The topological polar surface area (TPSA) is 35.9 Å². The molecular weight excluding hydrogens is 288 g/mol. The molecule has 0 saturated carbocycles. The summed E-state index contributed by atoms with van der Waals surface area (Å²) >= 11 is 0. The molecule has 1 aliphatic rings. The summed E-state index contributed by atoms with van der Waals surface area (Å²) in [6.07, 6.45) is -0.438. The highest BCUT2D eigenvalue weighted by molar-refractivity contribution is 5.32. The second-order valence-electron chi connectivity index (χ2n) is 7.28. The molecule has 1 atom stereocenters. The Hall–Kier alpha value is -1.10. The van der Waals surface area contributed by atoms with E-state index in [1.165, 1.54) is 17.7 Å². The maximum atomic E-state index is 10.2. The van der Waals surface area contributed by atoms with Crippen LogP contribution in [0.5, 0.6) is 5.75 Å². The summed E-state index contributed by atoms with van der Waals surface area (Å²) < 4.78 is 5.76. The van der Waals surface area contributed by atoms with Gasteiger partial charge in [0.05, 0.1) is 0 Å². The van der Waals surface area contributed by atoms with Gasteiger partial charge in [-0.05, 0) is 43.0 Å². The van der Waals surface area contributed by atoms with Crippen molar-refractivity contribution in [2.24, 2.45) is 5.92 Å². The molecule has 1 N–H and O–H groups in total.